The zero-order valence-corrected chi connectivity index (χ0v) is 11.5. The lowest BCUT2D eigenvalue weighted by Gasteiger charge is -2.29. The molecule has 0 saturated heterocycles. The Morgan fingerprint density at radius 3 is 2.33 bits per heavy atom. The van der Waals surface area contributed by atoms with Crippen molar-refractivity contribution in [1.29, 1.82) is 0 Å². The van der Waals surface area contributed by atoms with E-state index in [1.807, 2.05) is 23.1 Å². The van der Waals surface area contributed by atoms with Gasteiger partial charge in [0.05, 0.1) is 6.54 Å². The zero-order valence-electron chi connectivity index (χ0n) is 11.5. The van der Waals surface area contributed by atoms with E-state index in [2.05, 4.69) is 32.9 Å². The van der Waals surface area contributed by atoms with Crippen LogP contribution in [0.15, 0.2) is 30.3 Å². The lowest BCUT2D eigenvalue weighted by atomic mass is 10.0. The van der Waals surface area contributed by atoms with Gasteiger partial charge in [-0.05, 0) is 24.8 Å². The van der Waals surface area contributed by atoms with Crippen LogP contribution in [0.5, 0.6) is 0 Å². The van der Waals surface area contributed by atoms with E-state index in [1.165, 1.54) is 5.56 Å². The Kier molecular flexibility index (Phi) is 5.86. The molecular formula is C15H23NO2. The van der Waals surface area contributed by atoms with Crippen molar-refractivity contribution in [2.75, 3.05) is 13.1 Å². The molecule has 1 unspecified atom stereocenters. The van der Waals surface area contributed by atoms with Gasteiger partial charge in [-0.1, -0.05) is 44.2 Å². The molecule has 0 aromatic heterocycles. The van der Waals surface area contributed by atoms with Crippen LogP contribution < -0.4 is 0 Å². The second-order valence-electron chi connectivity index (χ2n) is 5.26. The molecule has 0 aliphatic rings. The van der Waals surface area contributed by atoms with Crippen molar-refractivity contribution in [1.82, 2.24) is 4.90 Å². The Morgan fingerprint density at radius 2 is 1.83 bits per heavy atom. The van der Waals surface area contributed by atoms with E-state index < -0.39 is 5.97 Å². The fourth-order valence-electron chi connectivity index (χ4n) is 2.13. The largest absolute Gasteiger partial charge is 0.480 e. The van der Waals surface area contributed by atoms with E-state index in [1.54, 1.807) is 0 Å². The minimum absolute atomic E-state index is 0.117. The lowest BCUT2D eigenvalue weighted by Crippen LogP contribution is -2.40. The van der Waals surface area contributed by atoms with Crippen LogP contribution in [0.1, 0.15) is 26.3 Å². The highest BCUT2D eigenvalue weighted by Gasteiger charge is 2.18. The molecule has 0 amide bonds. The minimum atomic E-state index is -0.754. The number of hydrogen-bond acceptors (Lipinski definition) is 2. The SMILES string of the molecule is CC(C)CN(CC(=O)O)C(C)Cc1ccccc1. The van der Waals surface area contributed by atoms with Crippen molar-refractivity contribution in [2.45, 2.75) is 33.2 Å². The van der Waals surface area contributed by atoms with Crippen LogP contribution >= 0.6 is 0 Å². The number of carboxylic acids is 1. The van der Waals surface area contributed by atoms with Gasteiger partial charge in [-0.15, -0.1) is 0 Å². The maximum absolute atomic E-state index is 10.9. The van der Waals surface area contributed by atoms with Crippen LogP contribution in [0, 0.1) is 5.92 Å². The molecule has 0 fully saturated rings. The number of rotatable bonds is 7. The first-order chi connectivity index (χ1) is 8.49. The van der Waals surface area contributed by atoms with Crippen LogP contribution in [0.2, 0.25) is 0 Å². The van der Waals surface area contributed by atoms with Gasteiger partial charge in [0.2, 0.25) is 0 Å². The van der Waals surface area contributed by atoms with Gasteiger partial charge in [0.25, 0.3) is 0 Å². The van der Waals surface area contributed by atoms with Crippen LogP contribution in [-0.2, 0) is 11.2 Å². The summed E-state index contributed by atoms with van der Waals surface area (Å²) in [5.41, 5.74) is 1.25. The number of aliphatic carboxylic acids is 1. The Labute approximate surface area is 109 Å². The smallest absolute Gasteiger partial charge is 0.317 e. The third-order valence-corrected chi connectivity index (χ3v) is 2.94. The van der Waals surface area contributed by atoms with Crippen molar-refractivity contribution < 1.29 is 9.90 Å². The van der Waals surface area contributed by atoms with E-state index in [4.69, 9.17) is 5.11 Å². The van der Waals surface area contributed by atoms with Crippen molar-refractivity contribution >= 4 is 5.97 Å². The summed E-state index contributed by atoms with van der Waals surface area (Å²) >= 11 is 0. The number of nitrogens with zero attached hydrogens (tertiary/aromatic N) is 1. The first-order valence-electron chi connectivity index (χ1n) is 6.48. The second kappa shape index (κ2) is 7.17. The Bertz CT molecular complexity index is 362. The van der Waals surface area contributed by atoms with Gasteiger partial charge in [-0.25, -0.2) is 0 Å². The van der Waals surface area contributed by atoms with Gasteiger partial charge >= 0.3 is 5.97 Å². The Balaban J connectivity index is 2.63. The van der Waals surface area contributed by atoms with E-state index in [0.717, 1.165) is 13.0 Å². The fraction of sp³-hybridized carbons (Fsp3) is 0.533. The van der Waals surface area contributed by atoms with E-state index in [9.17, 15) is 4.79 Å². The maximum atomic E-state index is 10.9. The van der Waals surface area contributed by atoms with Crippen molar-refractivity contribution in [3.05, 3.63) is 35.9 Å². The van der Waals surface area contributed by atoms with Gasteiger partial charge in [-0.3, -0.25) is 9.69 Å². The summed E-state index contributed by atoms with van der Waals surface area (Å²) in [7, 11) is 0. The van der Waals surface area contributed by atoms with Gasteiger partial charge < -0.3 is 5.11 Å². The summed E-state index contributed by atoms with van der Waals surface area (Å²) in [5.74, 6) is -0.280. The van der Waals surface area contributed by atoms with Crippen molar-refractivity contribution in [3.63, 3.8) is 0 Å². The lowest BCUT2D eigenvalue weighted by molar-refractivity contribution is -0.139. The number of carboxylic acid groups (broad SMARTS) is 1. The summed E-state index contributed by atoms with van der Waals surface area (Å²) in [4.78, 5) is 12.9. The molecule has 3 nitrogen and oxygen atoms in total. The summed E-state index contributed by atoms with van der Waals surface area (Å²) < 4.78 is 0. The molecule has 100 valence electrons. The highest BCUT2D eigenvalue weighted by atomic mass is 16.4. The fourth-order valence-corrected chi connectivity index (χ4v) is 2.13. The molecular weight excluding hydrogens is 226 g/mol. The molecule has 1 aromatic rings. The molecule has 1 N–H and O–H groups in total. The topological polar surface area (TPSA) is 40.5 Å². The van der Waals surface area contributed by atoms with Gasteiger partial charge in [0, 0.05) is 12.6 Å². The molecule has 0 aliphatic heterocycles. The summed E-state index contributed by atoms with van der Waals surface area (Å²) in [6.45, 7) is 7.26. The monoisotopic (exact) mass is 249 g/mol. The zero-order chi connectivity index (χ0) is 13.5. The quantitative estimate of drug-likeness (QED) is 0.807. The third-order valence-electron chi connectivity index (χ3n) is 2.94. The highest BCUT2D eigenvalue weighted by molar-refractivity contribution is 5.69. The predicted octanol–water partition coefficient (Wildman–Crippen LogP) is 2.66. The average molecular weight is 249 g/mol. The molecule has 1 aromatic carbocycles. The third kappa shape index (κ3) is 5.32. The summed E-state index contributed by atoms with van der Waals surface area (Å²) in [6.07, 6.45) is 0.890. The molecule has 18 heavy (non-hydrogen) atoms. The van der Waals surface area contributed by atoms with Gasteiger partial charge in [-0.2, -0.15) is 0 Å². The van der Waals surface area contributed by atoms with Gasteiger partial charge in [0.1, 0.15) is 0 Å². The van der Waals surface area contributed by atoms with Crippen LogP contribution in [0.25, 0.3) is 0 Å². The minimum Gasteiger partial charge on any atom is -0.480 e. The first-order valence-corrected chi connectivity index (χ1v) is 6.48. The standard InChI is InChI=1S/C15H23NO2/c1-12(2)10-16(11-15(17)18)13(3)9-14-7-5-4-6-8-14/h4-8,12-13H,9-11H2,1-3H3,(H,17,18). The number of hydrogen-bond donors (Lipinski definition) is 1. The molecule has 1 atom stereocenters. The van der Waals surface area contributed by atoms with E-state index in [0.29, 0.717) is 5.92 Å². The normalized spacial score (nSPS) is 12.9. The molecule has 3 heteroatoms. The van der Waals surface area contributed by atoms with E-state index in [-0.39, 0.29) is 12.6 Å². The molecule has 1 rings (SSSR count). The number of benzene rings is 1. The van der Waals surface area contributed by atoms with Crippen molar-refractivity contribution in [2.24, 2.45) is 5.92 Å². The van der Waals surface area contributed by atoms with Crippen LogP contribution in [-0.4, -0.2) is 35.1 Å². The molecule has 0 radical (unpaired) electrons. The Morgan fingerprint density at radius 1 is 1.22 bits per heavy atom. The molecule has 0 spiro atoms. The van der Waals surface area contributed by atoms with Gasteiger partial charge in [0.15, 0.2) is 0 Å². The average Bonchev–Trinajstić information content (AvgIpc) is 2.28. The van der Waals surface area contributed by atoms with Crippen molar-refractivity contribution in [3.8, 4) is 0 Å². The first kappa shape index (κ1) is 14.7. The highest BCUT2D eigenvalue weighted by Crippen LogP contribution is 2.10. The second-order valence-corrected chi connectivity index (χ2v) is 5.26. The van der Waals surface area contributed by atoms with Crippen LogP contribution in [0.3, 0.4) is 0 Å². The Hall–Kier alpha value is -1.35. The predicted molar refractivity (Wildman–Crippen MR) is 73.7 cm³/mol. The summed E-state index contributed by atoms with van der Waals surface area (Å²) in [6, 6.07) is 10.5. The maximum Gasteiger partial charge on any atom is 0.317 e. The molecule has 0 bridgehead atoms. The summed E-state index contributed by atoms with van der Waals surface area (Å²) in [5, 5.41) is 8.97. The molecule has 0 heterocycles. The van der Waals surface area contributed by atoms with Crippen LogP contribution in [0.4, 0.5) is 0 Å². The molecule has 0 saturated carbocycles. The van der Waals surface area contributed by atoms with E-state index >= 15 is 0 Å². The number of carbonyl (C=O) groups is 1. The molecule has 0 aliphatic carbocycles.